The number of rotatable bonds is 4. The van der Waals surface area contributed by atoms with Gasteiger partial charge in [0.1, 0.15) is 0 Å². The zero-order valence-corrected chi connectivity index (χ0v) is 13.8. The lowest BCUT2D eigenvalue weighted by Crippen LogP contribution is -1.97. The van der Waals surface area contributed by atoms with Crippen molar-refractivity contribution in [3.05, 3.63) is 69.5 Å². The molecule has 0 spiro atoms. The second-order valence-corrected chi connectivity index (χ2v) is 5.67. The Balaban J connectivity index is 1.94. The molecule has 1 aromatic heterocycles. The van der Waals surface area contributed by atoms with Gasteiger partial charge in [-0.2, -0.15) is 14.9 Å². The van der Waals surface area contributed by atoms with Crippen molar-refractivity contribution in [2.24, 2.45) is 5.10 Å². The Hall–Kier alpha value is -2.77. The number of hydrogen-bond acceptors (Lipinski definition) is 4. The first-order valence-electron chi connectivity index (χ1n) is 6.85. The van der Waals surface area contributed by atoms with Crippen molar-refractivity contribution in [2.45, 2.75) is 0 Å². The third kappa shape index (κ3) is 3.42. The summed E-state index contributed by atoms with van der Waals surface area (Å²) in [6.45, 7) is 0. The van der Waals surface area contributed by atoms with E-state index >= 15 is 0 Å². The number of aromatic carboxylic acids is 1. The van der Waals surface area contributed by atoms with Gasteiger partial charge in [-0.1, -0.05) is 35.9 Å². The molecular weight excluding hydrogens is 348 g/mol. The van der Waals surface area contributed by atoms with Crippen LogP contribution >= 0.6 is 23.8 Å². The molecule has 6 nitrogen and oxygen atoms in total. The lowest BCUT2D eigenvalue weighted by Gasteiger charge is -2.01. The van der Waals surface area contributed by atoms with E-state index in [2.05, 4.69) is 15.3 Å². The summed E-state index contributed by atoms with van der Waals surface area (Å²) >= 11 is 11.2. The summed E-state index contributed by atoms with van der Waals surface area (Å²) in [5.41, 5.74) is 1.72. The van der Waals surface area contributed by atoms with Crippen LogP contribution in [0.25, 0.3) is 11.4 Å². The number of nitrogens with zero attached hydrogens (tertiary/aromatic N) is 3. The molecule has 0 aliphatic carbocycles. The molecule has 3 rings (SSSR count). The number of carboxylic acids is 1. The van der Waals surface area contributed by atoms with Crippen molar-refractivity contribution >= 4 is 36.0 Å². The zero-order valence-electron chi connectivity index (χ0n) is 12.2. The molecule has 0 atom stereocenters. The van der Waals surface area contributed by atoms with E-state index in [-0.39, 0.29) is 5.56 Å². The third-order valence-corrected chi connectivity index (χ3v) is 3.71. The van der Waals surface area contributed by atoms with Crippen LogP contribution in [0.3, 0.4) is 0 Å². The predicted molar refractivity (Wildman–Crippen MR) is 94.3 cm³/mol. The molecule has 24 heavy (non-hydrogen) atoms. The third-order valence-electron chi connectivity index (χ3n) is 3.21. The predicted octanol–water partition coefficient (Wildman–Crippen LogP) is 3.84. The summed E-state index contributed by atoms with van der Waals surface area (Å²) in [5, 5.41) is 20.7. The summed E-state index contributed by atoms with van der Waals surface area (Å²) in [7, 11) is 0. The largest absolute Gasteiger partial charge is 0.478 e. The van der Waals surface area contributed by atoms with Gasteiger partial charge in [-0.25, -0.2) is 9.89 Å². The van der Waals surface area contributed by atoms with Crippen LogP contribution in [0.2, 0.25) is 5.02 Å². The van der Waals surface area contributed by atoms with E-state index in [1.54, 1.807) is 30.5 Å². The van der Waals surface area contributed by atoms with Crippen LogP contribution in [0.5, 0.6) is 0 Å². The number of aromatic nitrogens is 3. The molecule has 0 aliphatic rings. The van der Waals surface area contributed by atoms with Crippen molar-refractivity contribution in [3.8, 4) is 11.4 Å². The molecule has 0 aliphatic heterocycles. The summed E-state index contributed by atoms with van der Waals surface area (Å²) < 4.78 is 1.81. The maximum absolute atomic E-state index is 10.9. The topological polar surface area (TPSA) is 83.3 Å². The highest BCUT2D eigenvalue weighted by molar-refractivity contribution is 7.71. The summed E-state index contributed by atoms with van der Waals surface area (Å²) in [6, 6.07) is 13.5. The first-order chi connectivity index (χ1) is 11.5. The number of nitrogens with one attached hydrogen (secondary N) is 1. The van der Waals surface area contributed by atoms with E-state index < -0.39 is 5.97 Å². The van der Waals surface area contributed by atoms with Crippen molar-refractivity contribution in [2.75, 3.05) is 0 Å². The van der Waals surface area contributed by atoms with E-state index in [1.807, 2.05) is 12.1 Å². The Morgan fingerprint density at radius 1 is 1.29 bits per heavy atom. The van der Waals surface area contributed by atoms with Gasteiger partial charge in [0.05, 0.1) is 11.8 Å². The number of hydrogen-bond donors (Lipinski definition) is 2. The Labute approximate surface area is 147 Å². The average molecular weight is 359 g/mol. The number of H-pyrrole nitrogens is 1. The molecule has 3 aromatic rings. The minimum absolute atomic E-state index is 0.215. The van der Waals surface area contributed by atoms with Gasteiger partial charge in [0.25, 0.3) is 0 Å². The second-order valence-electron chi connectivity index (χ2n) is 4.85. The van der Waals surface area contributed by atoms with Crippen molar-refractivity contribution < 1.29 is 9.90 Å². The molecule has 0 saturated heterocycles. The lowest BCUT2D eigenvalue weighted by molar-refractivity contribution is 0.0697. The highest BCUT2D eigenvalue weighted by atomic mass is 35.5. The maximum Gasteiger partial charge on any atom is 0.335 e. The van der Waals surface area contributed by atoms with Gasteiger partial charge in [-0.3, -0.25) is 0 Å². The molecular formula is C16H11ClN4O2S. The SMILES string of the molecule is O=C(O)c1ccc(C=Nn2c(-c3cccc(Cl)c3)n[nH]c2=S)cc1. The van der Waals surface area contributed by atoms with Gasteiger partial charge in [0.2, 0.25) is 4.77 Å². The first-order valence-corrected chi connectivity index (χ1v) is 7.64. The van der Waals surface area contributed by atoms with Gasteiger partial charge in [-0.15, -0.1) is 0 Å². The maximum atomic E-state index is 10.9. The fraction of sp³-hybridized carbons (Fsp3) is 0. The number of halogens is 1. The van der Waals surface area contributed by atoms with Gasteiger partial charge in [0, 0.05) is 10.6 Å². The van der Waals surface area contributed by atoms with Crippen LogP contribution in [0.15, 0.2) is 53.6 Å². The van der Waals surface area contributed by atoms with E-state index in [4.69, 9.17) is 28.9 Å². The first kappa shape index (κ1) is 16.1. The van der Waals surface area contributed by atoms with Gasteiger partial charge in [-0.05, 0) is 42.0 Å². The summed E-state index contributed by atoms with van der Waals surface area (Å²) in [6.07, 6.45) is 1.57. The fourth-order valence-electron chi connectivity index (χ4n) is 2.05. The Kier molecular flexibility index (Phi) is 4.54. The highest BCUT2D eigenvalue weighted by Gasteiger charge is 2.08. The van der Waals surface area contributed by atoms with Crippen LogP contribution in [0, 0.1) is 4.77 Å². The molecule has 8 heteroatoms. The van der Waals surface area contributed by atoms with Crippen LogP contribution in [-0.4, -0.2) is 32.2 Å². The minimum atomic E-state index is -0.973. The lowest BCUT2D eigenvalue weighted by atomic mass is 10.1. The molecule has 2 N–H and O–H groups in total. The van der Waals surface area contributed by atoms with Gasteiger partial charge in [0.15, 0.2) is 5.82 Å². The van der Waals surface area contributed by atoms with Gasteiger partial charge < -0.3 is 5.11 Å². The molecule has 0 saturated carbocycles. The van der Waals surface area contributed by atoms with E-state index in [0.29, 0.717) is 15.6 Å². The second kappa shape index (κ2) is 6.77. The molecule has 0 unspecified atom stereocenters. The van der Waals surface area contributed by atoms with Crippen LogP contribution in [-0.2, 0) is 0 Å². The molecule has 0 amide bonds. The van der Waals surface area contributed by atoms with Crippen molar-refractivity contribution in [1.82, 2.24) is 14.9 Å². The quantitative estimate of drug-likeness (QED) is 0.548. The Morgan fingerprint density at radius 2 is 2.04 bits per heavy atom. The number of carboxylic acid groups (broad SMARTS) is 1. The monoisotopic (exact) mass is 358 g/mol. The molecule has 2 aromatic carbocycles. The average Bonchev–Trinajstić information content (AvgIpc) is 2.94. The molecule has 1 heterocycles. The van der Waals surface area contributed by atoms with E-state index in [0.717, 1.165) is 11.1 Å². The summed E-state index contributed by atoms with van der Waals surface area (Å²) in [4.78, 5) is 10.9. The highest BCUT2D eigenvalue weighted by Crippen LogP contribution is 2.21. The molecule has 0 bridgehead atoms. The zero-order chi connectivity index (χ0) is 17.1. The van der Waals surface area contributed by atoms with Crippen molar-refractivity contribution in [1.29, 1.82) is 0 Å². The van der Waals surface area contributed by atoms with Crippen LogP contribution in [0.4, 0.5) is 0 Å². The standard InChI is InChI=1S/C16H11ClN4O2S/c17-13-3-1-2-12(8-13)14-19-20-16(24)21(14)18-9-10-4-6-11(7-5-10)15(22)23/h1-9H,(H,20,24)(H,22,23). The summed E-state index contributed by atoms with van der Waals surface area (Å²) in [5.74, 6) is -0.445. The molecule has 0 radical (unpaired) electrons. The van der Waals surface area contributed by atoms with Crippen LogP contribution in [0.1, 0.15) is 15.9 Å². The Morgan fingerprint density at radius 3 is 2.71 bits per heavy atom. The van der Waals surface area contributed by atoms with E-state index in [9.17, 15) is 4.79 Å². The number of carbonyl (C=O) groups is 1. The molecule has 0 fully saturated rings. The van der Waals surface area contributed by atoms with Crippen LogP contribution < -0.4 is 0 Å². The molecule has 120 valence electrons. The number of benzene rings is 2. The Bertz CT molecular complexity index is 976. The fourth-order valence-corrected chi connectivity index (χ4v) is 2.42. The number of aromatic amines is 1. The van der Waals surface area contributed by atoms with Crippen molar-refractivity contribution in [3.63, 3.8) is 0 Å². The van der Waals surface area contributed by atoms with Gasteiger partial charge >= 0.3 is 5.97 Å². The normalized spacial score (nSPS) is 11.0. The smallest absolute Gasteiger partial charge is 0.335 e. The minimum Gasteiger partial charge on any atom is -0.478 e. The van der Waals surface area contributed by atoms with E-state index in [1.165, 1.54) is 16.8 Å².